The Labute approximate surface area is 90.5 Å². The zero-order chi connectivity index (χ0) is 11.7. The molecule has 0 unspecified atom stereocenters. The lowest BCUT2D eigenvalue weighted by Gasteiger charge is -2.16. The summed E-state index contributed by atoms with van der Waals surface area (Å²) in [4.78, 5) is 20.9. The Hall–Kier alpha value is -1.54. The van der Waals surface area contributed by atoms with E-state index >= 15 is 0 Å². The van der Waals surface area contributed by atoms with Crippen LogP contribution in [0.15, 0.2) is 0 Å². The molecule has 2 aliphatic heterocycles. The monoisotopic (exact) mass is 232 g/mol. The summed E-state index contributed by atoms with van der Waals surface area (Å²) in [7, 11) is 0. The van der Waals surface area contributed by atoms with Crippen molar-refractivity contribution in [2.45, 2.75) is 24.3 Å². The summed E-state index contributed by atoms with van der Waals surface area (Å²) in [5.41, 5.74) is 0. The number of hydrogen-bond donors (Lipinski definition) is 4. The van der Waals surface area contributed by atoms with Crippen LogP contribution in [-0.4, -0.2) is 59.9 Å². The van der Waals surface area contributed by atoms with Gasteiger partial charge in [0, 0.05) is 0 Å². The molecule has 0 spiro atoms. The molecule has 2 saturated heterocycles. The number of nitrogens with one attached hydrogen (secondary N) is 2. The van der Waals surface area contributed by atoms with Gasteiger partial charge >= 0.3 is 12.2 Å². The number of ether oxygens (including phenoxy) is 2. The van der Waals surface area contributed by atoms with Crippen molar-refractivity contribution in [1.29, 1.82) is 0 Å². The number of amides is 2. The summed E-state index contributed by atoms with van der Waals surface area (Å²) in [5.74, 6) is 0. The molecule has 8 heteroatoms. The molecule has 2 rings (SSSR count). The second-order valence-corrected chi connectivity index (χ2v) is 3.71. The smallest absolute Gasteiger partial charge is 0.405 e. The largest absolute Gasteiger partial charge is 0.465 e. The van der Waals surface area contributed by atoms with Crippen LogP contribution in [0.2, 0.25) is 0 Å². The maximum atomic E-state index is 10.5. The second-order valence-electron chi connectivity index (χ2n) is 3.71. The molecule has 0 aliphatic carbocycles. The number of hydrogen-bond acceptors (Lipinski definition) is 4. The quantitative estimate of drug-likeness (QED) is 0.488. The minimum absolute atomic E-state index is 0.194. The van der Waals surface area contributed by atoms with Crippen LogP contribution >= 0.6 is 0 Å². The van der Waals surface area contributed by atoms with Crippen LogP contribution in [0.3, 0.4) is 0 Å². The van der Waals surface area contributed by atoms with E-state index in [9.17, 15) is 9.59 Å². The Bertz CT molecular complexity index is 279. The fourth-order valence-electron chi connectivity index (χ4n) is 2.06. The molecule has 0 aromatic rings. The molecule has 0 aromatic heterocycles. The third-order valence-electron chi connectivity index (χ3n) is 2.67. The molecule has 2 aliphatic rings. The number of fused-ring (bicyclic) bond motifs is 1. The van der Waals surface area contributed by atoms with E-state index in [0.29, 0.717) is 0 Å². The maximum absolute atomic E-state index is 10.5. The van der Waals surface area contributed by atoms with E-state index in [-0.39, 0.29) is 13.2 Å². The van der Waals surface area contributed by atoms with Gasteiger partial charge in [0.25, 0.3) is 0 Å². The van der Waals surface area contributed by atoms with E-state index in [2.05, 4.69) is 10.6 Å². The van der Waals surface area contributed by atoms with E-state index in [1.165, 1.54) is 0 Å². The molecule has 90 valence electrons. The van der Waals surface area contributed by atoms with E-state index in [1.54, 1.807) is 0 Å². The molecule has 2 heterocycles. The van der Waals surface area contributed by atoms with Crippen LogP contribution < -0.4 is 10.6 Å². The van der Waals surface area contributed by atoms with Gasteiger partial charge in [0.15, 0.2) is 0 Å². The van der Waals surface area contributed by atoms with Crippen LogP contribution in [0.5, 0.6) is 0 Å². The van der Waals surface area contributed by atoms with Crippen LogP contribution in [-0.2, 0) is 9.47 Å². The van der Waals surface area contributed by atoms with Gasteiger partial charge in [-0.05, 0) is 0 Å². The van der Waals surface area contributed by atoms with Gasteiger partial charge in [-0.2, -0.15) is 0 Å². The molecule has 0 aromatic carbocycles. The van der Waals surface area contributed by atoms with E-state index in [1.807, 2.05) is 0 Å². The summed E-state index contributed by atoms with van der Waals surface area (Å²) >= 11 is 0. The van der Waals surface area contributed by atoms with Crippen molar-refractivity contribution in [3.8, 4) is 0 Å². The number of rotatable bonds is 2. The Morgan fingerprint density at radius 2 is 1.31 bits per heavy atom. The van der Waals surface area contributed by atoms with Gasteiger partial charge < -0.3 is 30.3 Å². The highest BCUT2D eigenvalue weighted by Gasteiger charge is 2.48. The summed E-state index contributed by atoms with van der Waals surface area (Å²) in [5, 5.41) is 21.7. The first-order chi connectivity index (χ1) is 7.58. The predicted molar refractivity (Wildman–Crippen MR) is 49.4 cm³/mol. The Balaban J connectivity index is 1.95. The summed E-state index contributed by atoms with van der Waals surface area (Å²) in [6, 6.07) is -0.883. The van der Waals surface area contributed by atoms with Crippen LogP contribution in [0.1, 0.15) is 0 Å². The van der Waals surface area contributed by atoms with Crippen LogP contribution in [0, 0.1) is 0 Å². The fourth-order valence-corrected chi connectivity index (χ4v) is 2.06. The molecule has 16 heavy (non-hydrogen) atoms. The third-order valence-corrected chi connectivity index (χ3v) is 2.67. The van der Waals surface area contributed by atoms with E-state index in [4.69, 9.17) is 19.7 Å². The minimum atomic E-state index is -1.15. The molecule has 0 bridgehead atoms. The van der Waals surface area contributed by atoms with Gasteiger partial charge in [0.05, 0.1) is 25.3 Å². The normalized spacial score (nSPS) is 36.8. The van der Waals surface area contributed by atoms with Crippen molar-refractivity contribution in [2.24, 2.45) is 0 Å². The highest BCUT2D eigenvalue weighted by molar-refractivity contribution is 5.65. The average Bonchev–Trinajstić information content (AvgIpc) is 2.70. The Kier molecular flexibility index (Phi) is 2.84. The van der Waals surface area contributed by atoms with Crippen molar-refractivity contribution in [3.63, 3.8) is 0 Å². The average molecular weight is 232 g/mol. The minimum Gasteiger partial charge on any atom is -0.465 e. The first-order valence-corrected chi connectivity index (χ1v) is 4.80. The molecule has 0 radical (unpaired) electrons. The topological polar surface area (TPSA) is 117 Å². The first-order valence-electron chi connectivity index (χ1n) is 4.80. The molecular formula is C8H12N2O6. The summed E-state index contributed by atoms with van der Waals surface area (Å²) in [6.07, 6.45) is -3.14. The van der Waals surface area contributed by atoms with E-state index < -0.39 is 36.5 Å². The molecule has 4 atom stereocenters. The lowest BCUT2D eigenvalue weighted by atomic mass is 10.1. The predicted octanol–water partition coefficient (Wildman–Crippen LogP) is -0.944. The SMILES string of the molecule is O=C(O)N[C@@H]1CO[C@H]2[C@@H]1OC[C@H]2NC(=O)O. The molecule has 2 amide bonds. The van der Waals surface area contributed by atoms with Gasteiger partial charge in [-0.15, -0.1) is 0 Å². The van der Waals surface area contributed by atoms with E-state index in [0.717, 1.165) is 0 Å². The van der Waals surface area contributed by atoms with Gasteiger partial charge in [-0.1, -0.05) is 0 Å². The van der Waals surface area contributed by atoms with Crippen LogP contribution in [0.25, 0.3) is 0 Å². The second kappa shape index (κ2) is 4.14. The summed E-state index contributed by atoms with van der Waals surface area (Å²) in [6.45, 7) is 0.388. The number of carbonyl (C=O) groups is 2. The van der Waals surface area contributed by atoms with Gasteiger partial charge in [-0.3, -0.25) is 0 Å². The van der Waals surface area contributed by atoms with Crippen LogP contribution in [0.4, 0.5) is 9.59 Å². The van der Waals surface area contributed by atoms with Crippen molar-refractivity contribution < 1.29 is 29.3 Å². The maximum Gasteiger partial charge on any atom is 0.405 e. The molecular weight excluding hydrogens is 220 g/mol. The Morgan fingerprint density at radius 1 is 0.938 bits per heavy atom. The Morgan fingerprint density at radius 3 is 1.62 bits per heavy atom. The van der Waals surface area contributed by atoms with Crippen molar-refractivity contribution in [1.82, 2.24) is 10.6 Å². The molecule has 0 saturated carbocycles. The first kappa shape index (κ1) is 11.0. The zero-order valence-electron chi connectivity index (χ0n) is 8.25. The summed E-state index contributed by atoms with van der Waals surface area (Å²) < 4.78 is 10.7. The van der Waals surface area contributed by atoms with Crippen molar-refractivity contribution >= 4 is 12.2 Å². The van der Waals surface area contributed by atoms with Gasteiger partial charge in [0.1, 0.15) is 12.2 Å². The molecule has 2 fully saturated rings. The highest BCUT2D eigenvalue weighted by Crippen LogP contribution is 2.26. The standard InChI is InChI=1S/C8H12N2O6/c11-7(12)9-3-1-15-6-4(10-8(13)14)2-16-5(3)6/h3-6,9-10H,1-2H2,(H,11,12)(H,13,14)/t3-,4-,5-,6-/m1/s1. The molecule has 4 N–H and O–H groups in total. The highest BCUT2D eigenvalue weighted by atomic mass is 16.6. The van der Waals surface area contributed by atoms with Crippen molar-refractivity contribution in [3.05, 3.63) is 0 Å². The third kappa shape index (κ3) is 2.02. The molecule has 8 nitrogen and oxygen atoms in total. The zero-order valence-corrected chi connectivity index (χ0v) is 8.25. The number of carboxylic acid groups (broad SMARTS) is 2. The van der Waals surface area contributed by atoms with Gasteiger partial charge in [-0.25, -0.2) is 9.59 Å². The lowest BCUT2D eigenvalue weighted by molar-refractivity contribution is 0.0654. The van der Waals surface area contributed by atoms with Gasteiger partial charge in [0.2, 0.25) is 0 Å². The fraction of sp³-hybridized carbons (Fsp3) is 0.750. The lowest BCUT2D eigenvalue weighted by Crippen LogP contribution is -2.46. The van der Waals surface area contributed by atoms with Crippen molar-refractivity contribution in [2.75, 3.05) is 13.2 Å².